The maximum absolute atomic E-state index is 12.0. The van der Waals surface area contributed by atoms with E-state index in [4.69, 9.17) is 11.6 Å². The molecule has 0 unspecified atom stereocenters. The van der Waals surface area contributed by atoms with Gasteiger partial charge in [0.05, 0.1) is 0 Å². The fraction of sp³-hybridized carbons (Fsp3) is 0. The third kappa shape index (κ3) is 0.924. The zero-order chi connectivity index (χ0) is 5.28. The molecule has 1 aromatic rings. The normalized spacial score (nSPS) is 9.43. The van der Waals surface area contributed by atoms with Crippen LogP contribution in [-0.2, 0) is 0 Å². The molecule has 0 saturated carbocycles. The van der Waals surface area contributed by atoms with Crippen molar-refractivity contribution in [3.63, 3.8) is 0 Å². The zero-order valence-corrected chi connectivity index (χ0v) is 4.89. The van der Waals surface area contributed by atoms with E-state index in [1.807, 2.05) is 0 Å². The fourth-order valence-corrected chi connectivity index (χ4v) is 0.980. The molecule has 0 bridgehead atoms. The summed E-state index contributed by atoms with van der Waals surface area (Å²) in [5.74, 6) is -0.327. The Balaban J connectivity index is 3.12. The Morgan fingerprint density at radius 3 is 2.57 bits per heavy atom. The number of thiophene rings is 1. The van der Waals surface area contributed by atoms with Crippen LogP contribution >= 0.6 is 22.9 Å². The molecular formula is C4H2ClFS. The van der Waals surface area contributed by atoms with Gasteiger partial charge in [0, 0.05) is 0 Å². The van der Waals surface area contributed by atoms with Gasteiger partial charge in [0.25, 0.3) is 0 Å². The van der Waals surface area contributed by atoms with E-state index < -0.39 is 0 Å². The van der Waals surface area contributed by atoms with Crippen molar-refractivity contribution < 1.29 is 4.39 Å². The number of halogens is 2. The predicted molar refractivity (Wildman–Crippen MR) is 29.3 cm³/mol. The van der Waals surface area contributed by atoms with Gasteiger partial charge in [-0.1, -0.05) is 11.6 Å². The highest BCUT2D eigenvalue weighted by molar-refractivity contribution is 7.14. The standard InChI is InChI=1S/C4H2ClFS/c5-4-3(6)1-2-7-4/h1-2H. The molecule has 3 heteroatoms. The Labute approximate surface area is 49.5 Å². The van der Waals surface area contributed by atoms with Gasteiger partial charge < -0.3 is 0 Å². The van der Waals surface area contributed by atoms with E-state index in [-0.39, 0.29) is 10.2 Å². The van der Waals surface area contributed by atoms with Crippen LogP contribution in [0.2, 0.25) is 4.34 Å². The van der Waals surface area contributed by atoms with Crippen molar-refractivity contribution >= 4 is 22.9 Å². The minimum atomic E-state index is -0.327. The largest absolute Gasteiger partial charge is 0.204 e. The molecular weight excluding hydrogens is 135 g/mol. The minimum Gasteiger partial charge on any atom is -0.204 e. The van der Waals surface area contributed by atoms with Gasteiger partial charge in [-0.15, -0.1) is 11.3 Å². The van der Waals surface area contributed by atoms with Gasteiger partial charge in [-0.05, 0) is 11.4 Å². The molecule has 1 rings (SSSR count). The zero-order valence-electron chi connectivity index (χ0n) is 3.32. The molecule has 0 aliphatic carbocycles. The molecule has 0 fully saturated rings. The van der Waals surface area contributed by atoms with Crippen LogP contribution in [0.4, 0.5) is 4.39 Å². The third-order valence-electron chi connectivity index (χ3n) is 0.574. The van der Waals surface area contributed by atoms with Crippen molar-refractivity contribution in [2.75, 3.05) is 0 Å². The van der Waals surface area contributed by atoms with Crippen LogP contribution in [0.25, 0.3) is 0 Å². The second-order valence-corrected chi connectivity index (χ2v) is 2.56. The Bertz CT molecular complexity index is 144. The van der Waals surface area contributed by atoms with Gasteiger partial charge in [-0.25, -0.2) is 4.39 Å². The first-order chi connectivity index (χ1) is 3.30. The molecule has 0 saturated heterocycles. The number of hydrogen-bond donors (Lipinski definition) is 0. The Kier molecular flexibility index (Phi) is 1.30. The summed E-state index contributed by atoms with van der Waals surface area (Å²) in [5, 5.41) is 1.61. The van der Waals surface area contributed by atoms with Gasteiger partial charge in [-0.2, -0.15) is 0 Å². The lowest BCUT2D eigenvalue weighted by Gasteiger charge is -1.72. The van der Waals surface area contributed by atoms with Crippen LogP contribution in [0, 0.1) is 5.82 Å². The molecule has 0 aliphatic heterocycles. The Morgan fingerprint density at radius 2 is 2.43 bits per heavy atom. The number of rotatable bonds is 0. The molecule has 0 nitrogen and oxygen atoms in total. The second kappa shape index (κ2) is 1.80. The molecule has 7 heavy (non-hydrogen) atoms. The molecule has 0 spiro atoms. The van der Waals surface area contributed by atoms with E-state index in [2.05, 4.69) is 0 Å². The quantitative estimate of drug-likeness (QED) is 0.514. The van der Waals surface area contributed by atoms with Crippen molar-refractivity contribution in [1.82, 2.24) is 0 Å². The summed E-state index contributed by atoms with van der Waals surface area (Å²) >= 11 is 6.46. The summed E-state index contributed by atoms with van der Waals surface area (Å²) in [7, 11) is 0. The van der Waals surface area contributed by atoms with Gasteiger partial charge in [0.15, 0.2) is 5.82 Å². The number of hydrogen-bond acceptors (Lipinski definition) is 1. The first-order valence-electron chi connectivity index (χ1n) is 1.69. The summed E-state index contributed by atoms with van der Waals surface area (Å²) < 4.78 is 12.2. The summed E-state index contributed by atoms with van der Waals surface area (Å²) in [5.41, 5.74) is 0. The maximum atomic E-state index is 12.0. The third-order valence-corrected chi connectivity index (χ3v) is 1.70. The Hall–Kier alpha value is -0.0800. The van der Waals surface area contributed by atoms with Crippen LogP contribution in [0.5, 0.6) is 0 Å². The lowest BCUT2D eigenvalue weighted by Crippen LogP contribution is -1.55. The summed E-state index contributed by atoms with van der Waals surface area (Å²) in [6.45, 7) is 0. The van der Waals surface area contributed by atoms with Crippen molar-refractivity contribution in [2.45, 2.75) is 0 Å². The fourth-order valence-electron chi connectivity index (χ4n) is 0.275. The molecule has 38 valence electrons. The topological polar surface area (TPSA) is 0 Å². The van der Waals surface area contributed by atoms with Crippen molar-refractivity contribution in [1.29, 1.82) is 0 Å². The molecule has 0 amide bonds. The van der Waals surface area contributed by atoms with Crippen LogP contribution in [0.1, 0.15) is 0 Å². The molecule has 0 radical (unpaired) electrons. The van der Waals surface area contributed by atoms with E-state index in [1.54, 1.807) is 5.38 Å². The van der Waals surface area contributed by atoms with Gasteiger partial charge in [0.2, 0.25) is 0 Å². The molecule has 0 N–H and O–H groups in total. The van der Waals surface area contributed by atoms with Crippen molar-refractivity contribution in [2.24, 2.45) is 0 Å². The van der Waals surface area contributed by atoms with Gasteiger partial charge >= 0.3 is 0 Å². The molecule has 0 atom stereocenters. The highest BCUT2D eigenvalue weighted by Crippen LogP contribution is 2.19. The van der Waals surface area contributed by atoms with E-state index in [0.717, 1.165) is 0 Å². The summed E-state index contributed by atoms with van der Waals surface area (Å²) in [4.78, 5) is 0. The first-order valence-corrected chi connectivity index (χ1v) is 2.95. The SMILES string of the molecule is Fc1ccsc1Cl. The average Bonchev–Trinajstić information content (AvgIpc) is 1.91. The predicted octanol–water partition coefficient (Wildman–Crippen LogP) is 2.54. The van der Waals surface area contributed by atoms with Crippen LogP contribution in [0.3, 0.4) is 0 Å². The van der Waals surface area contributed by atoms with Crippen molar-refractivity contribution in [3.05, 3.63) is 21.6 Å². The summed E-state index contributed by atoms with van der Waals surface area (Å²) in [6, 6.07) is 1.34. The van der Waals surface area contributed by atoms with E-state index in [9.17, 15) is 4.39 Å². The minimum absolute atomic E-state index is 0.236. The smallest absolute Gasteiger partial charge is 0.152 e. The van der Waals surface area contributed by atoms with Gasteiger partial charge in [0.1, 0.15) is 4.34 Å². The van der Waals surface area contributed by atoms with Gasteiger partial charge in [-0.3, -0.25) is 0 Å². The van der Waals surface area contributed by atoms with E-state index in [1.165, 1.54) is 17.4 Å². The maximum Gasteiger partial charge on any atom is 0.152 e. The lowest BCUT2D eigenvalue weighted by molar-refractivity contribution is 0.634. The van der Waals surface area contributed by atoms with Crippen LogP contribution < -0.4 is 0 Å². The molecule has 1 heterocycles. The van der Waals surface area contributed by atoms with E-state index in [0.29, 0.717) is 0 Å². The highest BCUT2D eigenvalue weighted by Gasteiger charge is 1.94. The van der Waals surface area contributed by atoms with Crippen LogP contribution in [-0.4, -0.2) is 0 Å². The lowest BCUT2D eigenvalue weighted by atomic mass is 10.6. The molecule has 0 aromatic carbocycles. The second-order valence-electron chi connectivity index (χ2n) is 1.04. The monoisotopic (exact) mass is 136 g/mol. The Morgan fingerprint density at radius 1 is 1.71 bits per heavy atom. The van der Waals surface area contributed by atoms with E-state index >= 15 is 0 Å². The average molecular weight is 137 g/mol. The van der Waals surface area contributed by atoms with Crippen molar-refractivity contribution in [3.8, 4) is 0 Å². The van der Waals surface area contributed by atoms with Crippen LogP contribution in [0.15, 0.2) is 11.4 Å². The molecule has 0 aliphatic rings. The molecule has 1 aromatic heterocycles. The first kappa shape index (κ1) is 5.06. The highest BCUT2D eigenvalue weighted by atomic mass is 35.5. The summed E-state index contributed by atoms with van der Waals surface area (Å²) in [6.07, 6.45) is 0.